The summed E-state index contributed by atoms with van der Waals surface area (Å²) in [5.74, 6) is 1.75. The highest BCUT2D eigenvalue weighted by molar-refractivity contribution is 5.45. The van der Waals surface area contributed by atoms with Gasteiger partial charge in [-0.2, -0.15) is 0 Å². The van der Waals surface area contributed by atoms with Crippen molar-refractivity contribution in [3.63, 3.8) is 0 Å². The number of fused-ring (bicyclic) bond motifs is 1. The number of nitrogens with two attached hydrogens (primary N) is 1. The maximum absolute atomic E-state index is 5.91. The highest BCUT2D eigenvalue weighted by atomic mass is 16.5. The van der Waals surface area contributed by atoms with Crippen LogP contribution in [0.3, 0.4) is 0 Å². The zero-order valence-corrected chi connectivity index (χ0v) is 9.95. The van der Waals surface area contributed by atoms with Gasteiger partial charge in [0.25, 0.3) is 0 Å². The van der Waals surface area contributed by atoms with Crippen molar-refractivity contribution in [1.29, 1.82) is 0 Å². The lowest BCUT2D eigenvalue weighted by molar-refractivity contribution is 0.311. The summed E-state index contributed by atoms with van der Waals surface area (Å²) in [5, 5.41) is 0. The third kappa shape index (κ3) is 1.87. The fraction of sp³-hybridized carbons (Fsp3) is 0.538. The maximum Gasteiger partial charge on any atom is 0.126 e. The minimum atomic E-state index is 0.0259. The predicted molar refractivity (Wildman–Crippen MR) is 64.1 cm³/mol. The lowest BCUT2D eigenvalue weighted by Gasteiger charge is -2.27. The number of benzene rings is 1. The van der Waals surface area contributed by atoms with E-state index in [4.69, 9.17) is 15.2 Å². The van der Waals surface area contributed by atoms with E-state index in [0.717, 1.165) is 30.9 Å². The van der Waals surface area contributed by atoms with E-state index in [1.54, 1.807) is 7.11 Å². The molecule has 0 bridgehead atoms. The highest BCUT2D eigenvalue weighted by Crippen LogP contribution is 2.39. The summed E-state index contributed by atoms with van der Waals surface area (Å²) < 4.78 is 11.0. The molecule has 3 nitrogen and oxygen atoms in total. The van der Waals surface area contributed by atoms with Crippen molar-refractivity contribution in [3.8, 4) is 11.5 Å². The average molecular weight is 221 g/mol. The van der Waals surface area contributed by atoms with E-state index in [1.165, 1.54) is 5.56 Å². The molecule has 0 fully saturated rings. The van der Waals surface area contributed by atoms with Gasteiger partial charge in [-0.15, -0.1) is 0 Å². The smallest absolute Gasteiger partial charge is 0.126 e. The first-order valence-electron chi connectivity index (χ1n) is 5.71. The Kier molecular flexibility index (Phi) is 3.06. The van der Waals surface area contributed by atoms with Crippen LogP contribution in [0, 0.1) is 0 Å². The van der Waals surface area contributed by atoms with Crippen LogP contribution in [0.4, 0.5) is 0 Å². The second kappa shape index (κ2) is 4.34. The molecular weight excluding hydrogens is 202 g/mol. The maximum atomic E-state index is 5.91. The van der Waals surface area contributed by atoms with Crippen LogP contribution in [0.25, 0.3) is 0 Å². The summed E-state index contributed by atoms with van der Waals surface area (Å²) in [6.07, 6.45) is 2.12. The predicted octanol–water partition coefficient (Wildman–Crippen LogP) is 2.08. The molecule has 16 heavy (non-hydrogen) atoms. The Morgan fingerprint density at radius 3 is 3.00 bits per heavy atom. The standard InChI is InChI=1S/C13H19NO2/c1-13(9-14)6-3-7-16-12-8-10(15-2)4-5-11(12)13/h4-5,8H,3,6-7,9,14H2,1-2H3. The van der Waals surface area contributed by atoms with Gasteiger partial charge >= 0.3 is 0 Å². The molecule has 1 aromatic carbocycles. The Labute approximate surface area is 96.5 Å². The molecule has 1 atom stereocenters. The molecule has 0 aromatic heterocycles. The van der Waals surface area contributed by atoms with Crippen molar-refractivity contribution in [2.24, 2.45) is 5.73 Å². The lowest BCUT2D eigenvalue weighted by atomic mass is 9.78. The first kappa shape index (κ1) is 11.3. The first-order chi connectivity index (χ1) is 7.69. The molecule has 88 valence electrons. The monoisotopic (exact) mass is 221 g/mol. The van der Waals surface area contributed by atoms with Gasteiger partial charge in [-0.1, -0.05) is 13.0 Å². The number of rotatable bonds is 2. The number of hydrogen-bond acceptors (Lipinski definition) is 3. The molecule has 1 aliphatic heterocycles. The largest absolute Gasteiger partial charge is 0.497 e. The Balaban J connectivity index is 2.46. The van der Waals surface area contributed by atoms with Crippen LogP contribution in [0.15, 0.2) is 18.2 Å². The summed E-state index contributed by atoms with van der Waals surface area (Å²) >= 11 is 0. The second-order valence-electron chi connectivity index (χ2n) is 4.58. The topological polar surface area (TPSA) is 44.5 Å². The third-order valence-electron chi connectivity index (χ3n) is 3.42. The number of methoxy groups -OCH3 is 1. The number of ether oxygens (including phenoxy) is 2. The van der Waals surface area contributed by atoms with Crippen LogP contribution < -0.4 is 15.2 Å². The van der Waals surface area contributed by atoms with Gasteiger partial charge in [-0.3, -0.25) is 0 Å². The van der Waals surface area contributed by atoms with E-state index < -0.39 is 0 Å². The molecule has 0 radical (unpaired) electrons. The van der Waals surface area contributed by atoms with Gasteiger partial charge in [0.2, 0.25) is 0 Å². The summed E-state index contributed by atoms with van der Waals surface area (Å²) in [6, 6.07) is 6.00. The average Bonchev–Trinajstić information content (AvgIpc) is 2.49. The van der Waals surface area contributed by atoms with Crippen LogP contribution in [-0.2, 0) is 5.41 Å². The highest BCUT2D eigenvalue weighted by Gasteiger charge is 2.30. The molecule has 0 saturated carbocycles. The van der Waals surface area contributed by atoms with Gasteiger partial charge in [-0.25, -0.2) is 0 Å². The van der Waals surface area contributed by atoms with Crippen molar-refractivity contribution in [3.05, 3.63) is 23.8 Å². The molecule has 0 amide bonds. The van der Waals surface area contributed by atoms with Gasteiger partial charge in [0.15, 0.2) is 0 Å². The molecule has 3 heteroatoms. The van der Waals surface area contributed by atoms with E-state index in [9.17, 15) is 0 Å². The van der Waals surface area contributed by atoms with E-state index in [-0.39, 0.29) is 5.41 Å². The molecule has 1 heterocycles. The Morgan fingerprint density at radius 2 is 2.31 bits per heavy atom. The van der Waals surface area contributed by atoms with Crippen LogP contribution in [0.1, 0.15) is 25.3 Å². The molecule has 1 unspecified atom stereocenters. The SMILES string of the molecule is COc1ccc2c(c1)OCCCC2(C)CN. The molecule has 1 aliphatic rings. The van der Waals surface area contributed by atoms with Gasteiger partial charge in [0, 0.05) is 23.6 Å². The van der Waals surface area contributed by atoms with Crippen LogP contribution >= 0.6 is 0 Å². The van der Waals surface area contributed by atoms with Gasteiger partial charge in [0.05, 0.1) is 13.7 Å². The normalized spacial score (nSPS) is 24.2. The summed E-state index contributed by atoms with van der Waals surface area (Å²) in [4.78, 5) is 0. The zero-order valence-electron chi connectivity index (χ0n) is 9.95. The minimum absolute atomic E-state index is 0.0259. The third-order valence-corrected chi connectivity index (χ3v) is 3.42. The van der Waals surface area contributed by atoms with Crippen LogP contribution in [0.5, 0.6) is 11.5 Å². The van der Waals surface area contributed by atoms with E-state index in [0.29, 0.717) is 6.54 Å². The molecule has 0 saturated heterocycles. The van der Waals surface area contributed by atoms with Crippen molar-refractivity contribution >= 4 is 0 Å². The van der Waals surface area contributed by atoms with Crippen molar-refractivity contribution in [1.82, 2.24) is 0 Å². The van der Waals surface area contributed by atoms with Crippen LogP contribution in [-0.4, -0.2) is 20.3 Å². The van der Waals surface area contributed by atoms with E-state index in [1.807, 2.05) is 12.1 Å². The Bertz CT molecular complexity index is 378. The molecule has 1 aromatic rings. The lowest BCUT2D eigenvalue weighted by Crippen LogP contribution is -2.31. The van der Waals surface area contributed by atoms with Crippen molar-refractivity contribution in [2.75, 3.05) is 20.3 Å². The Morgan fingerprint density at radius 1 is 1.50 bits per heavy atom. The van der Waals surface area contributed by atoms with E-state index in [2.05, 4.69) is 13.0 Å². The van der Waals surface area contributed by atoms with Gasteiger partial charge in [-0.05, 0) is 18.9 Å². The fourth-order valence-electron chi connectivity index (χ4n) is 2.24. The quantitative estimate of drug-likeness (QED) is 0.831. The molecule has 2 rings (SSSR count). The van der Waals surface area contributed by atoms with Crippen molar-refractivity contribution < 1.29 is 9.47 Å². The van der Waals surface area contributed by atoms with Crippen molar-refractivity contribution in [2.45, 2.75) is 25.2 Å². The van der Waals surface area contributed by atoms with Crippen LogP contribution in [0.2, 0.25) is 0 Å². The van der Waals surface area contributed by atoms with Gasteiger partial charge < -0.3 is 15.2 Å². The summed E-state index contributed by atoms with van der Waals surface area (Å²) in [5.41, 5.74) is 7.13. The van der Waals surface area contributed by atoms with Gasteiger partial charge in [0.1, 0.15) is 11.5 Å². The second-order valence-corrected chi connectivity index (χ2v) is 4.58. The fourth-order valence-corrected chi connectivity index (χ4v) is 2.24. The summed E-state index contributed by atoms with van der Waals surface area (Å²) in [7, 11) is 1.67. The minimum Gasteiger partial charge on any atom is -0.497 e. The number of hydrogen-bond donors (Lipinski definition) is 1. The summed E-state index contributed by atoms with van der Waals surface area (Å²) in [6.45, 7) is 3.61. The molecule has 0 aliphatic carbocycles. The zero-order chi connectivity index (χ0) is 11.6. The van der Waals surface area contributed by atoms with E-state index >= 15 is 0 Å². The molecular formula is C13H19NO2. The molecule has 0 spiro atoms. The first-order valence-corrected chi connectivity index (χ1v) is 5.71. The molecule has 2 N–H and O–H groups in total. The Hall–Kier alpha value is -1.22.